The van der Waals surface area contributed by atoms with E-state index in [1.165, 1.54) is 0 Å². The van der Waals surface area contributed by atoms with Crippen molar-refractivity contribution in [2.24, 2.45) is 0 Å². The molecule has 0 spiro atoms. The molecule has 2 N–H and O–H groups in total. The first kappa shape index (κ1) is 11.4. The maximum atomic E-state index is 10.7. The molecule has 1 aliphatic heterocycles. The van der Waals surface area contributed by atoms with Crippen molar-refractivity contribution in [3.05, 3.63) is 28.2 Å². The van der Waals surface area contributed by atoms with Crippen LogP contribution in [-0.2, 0) is 0 Å². The highest BCUT2D eigenvalue weighted by atomic mass is 79.9. The highest BCUT2D eigenvalue weighted by Crippen LogP contribution is 2.27. The van der Waals surface area contributed by atoms with E-state index in [9.17, 15) is 4.79 Å². The van der Waals surface area contributed by atoms with Crippen molar-refractivity contribution in [3.8, 4) is 5.75 Å². The standard InChI is InChI=1S/C11H12BrNO3/c12-9-5-7(11(14)15)1-2-10(9)16-8-3-4-13-6-8/h1-2,5,8,13H,3-4,6H2,(H,14,15)/t8-/m0/s1. The zero-order valence-electron chi connectivity index (χ0n) is 8.57. The van der Waals surface area contributed by atoms with Crippen LogP contribution in [0.5, 0.6) is 5.75 Å². The molecule has 0 amide bonds. The highest BCUT2D eigenvalue weighted by molar-refractivity contribution is 9.10. The molecule has 16 heavy (non-hydrogen) atoms. The number of benzene rings is 1. The van der Waals surface area contributed by atoms with E-state index in [4.69, 9.17) is 9.84 Å². The van der Waals surface area contributed by atoms with Gasteiger partial charge in [-0.25, -0.2) is 4.79 Å². The Morgan fingerprint density at radius 1 is 1.56 bits per heavy atom. The second kappa shape index (κ2) is 4.84. The minimum absolute atomic E-state index is 0.173. The van der Waals surface area contributed by atoms with Crippen LogP contribution in [0.15, 0.2) is 22.7 Å². The number of nitrogens with one attached hydrogen (secondary N) is 1. The van der Waals surface area contributed by atoms with Gasteiger partial charge in [0.15, 0.2) is 0 Å². The fourth-order valence-electron chi connectivity index (χ4n) is 1.64. The quantitative estimate of drug-likeness (QED) is 0.891. The zero-order valence-corrected chi connectivity index (χ0v) is 10.2. The van der Waals surface area contributed by atoms with E-state index < -0.39 is 5.97 Å². The van der Waals surface area contributed by atoms with Crippen molar-refractivity contribution >= 4 is 21.9 Å². The largest absolute Gasteiger partial charge is 0.488 e. The minimum atomic E-state index is -0.935. The third-order valence-corrected chi connectivity index (χ3v) is 3.11. The topological polar surface area (TPSA) is 58.6 Å². The smallest absolute Gasteiger partial charge is 0.335 e. The molecule has 1 aliphatic rings. The number of carboxylic acids is 1. The lowest BCUT2D eigenvalue weighted by atomic mass is 10.2. The fraction of sp³-hybridized carbons (Fsp3) is 0.364. The molecule has 1 atom stereocenters. The molecule has 1 saturated heterocycles. The summed E-state index contributed by atoms with van der Waals surface area (Å²) in [5.41, 5.74) is 0.253. The molecule has 1 aromatic rings. The normalized spacial score (nSPS) is 19.7. The van der Waals surface area contributed by atoms with Crippen LogP contribution in [0.1, 0.15) is 16.8 Å². The van der Waals surface area contributed by atoms with Crippen LogP contribution in [0.25, 0.3) is 0 Å². The van der Waals surface area contributed by atoms with E-state index in [0.29, 0.717) is 10.2 Å². The first-order valence-electron chi connectivity index (χ1n) is 5.07. The maximum Gasteiger partial charge on any atom is 0.335 e. The molecule has 0 unspecified atom stereocenters. The molecule has 5 heteroatoms. The predicted molar refractivity (Wildman–Crippen MR) is 63.0 cm³/mol. The monoisotopic (exact) mass is 285 g/mol. The molecule has 2 rings (SSSR count). The minimum Gasteiger partial charge on any atom is -0.488 e. The Bertz CT molecular complexity index is 402. The fourth-order valence-corrected chi connectivity index (χ4v) is 2.11. The van der Waals surface area contributed by atoms with Gasteiger partial charge in [0.05, 0.1) is 10.0 Å². The van der Waals surface area contributed by atoms with Crippen LogP contribution in [0.4, 0.5) is 0 Å². The number of hydrogen-bond acceptors (Lipinski definition) is 3. The van der Waals surface area contributed by atoms with E-state index in [1.54, 1.807) is 18.2 Å². The Hall–Kier alpha value is -1.07. The van der Waals surface area contributed by atoms with E-state index in [2.05, 4.69) is 21.2 Å². The number of carbonyl (C=O) groups is 1. The summed E-state index contributed by atoms with van der Waals surface area (Å²) in [6.07, 6.45) is 1.15. The lowest BCUT2D eigenvalue weighted by Gasteiger charge is -2.14. The molecular formula is C11H12BrNO3. The lowest BCUT2D eigenvalue weighted by molar-refractivity contribution is 0.0696. The number of halogens is 1. The van der Waals surface area contributed by atoms with Crippen molar-refractivity contribution in [2.45, 2.75) is 12.5 Å². The summed E-state index contributed by atoms with van der Waals surface area (Å²) >= 11 is 3.31. The summed E-state index contributed by atoms with van der Waals surface area (Å²) < 4.78 is 6.42. The predicted octanol–water partition coefficient (Wildman–Crippen LogP) is 1.89. The molecule has 4 nitrogen and oxygen atoms in total. The van der Waals surface area contributed by atoms with Crippen LogP contribution in [0.2, 0.25) is 0 Å². The van der Waals surface area contributed by atoms with Crippen LogP contribution in [-0.4, -0.2) is 30.3 Å². The van der Waals surface area contributed by atoms with Crippen LogP contribution in [0.3, 0.4) is 0 Å². The van der Waals surface area contributed by atoms with Gasteiger partial charge in [0, 0.05) is 6.54 Å². The number of carboxylic acid groups (broad SMARTS) is 1. The van der Waals surface area contributed by atoms with Crippen molar-refractivity contribution < 1.29 is 14.6 Å². The van der Waals surface area contributed by atoms with E-state index >= 15 is 0 Å². The van der Waals surface area contributed by atoms with Gasteiger partial charge in [-0.1, -0.05) is 0 Å². The molecule has 0 aliphatic carbocycles. The van der Waals surface area contributed by atoms with Crippen molar-refractivity contribution in [1.82, 2.24) is 5.32 Å². The second-order valence-corrected chi connectivity index (χ2v) is 4.54. The average Bonchev–Trinajstić information content (AvgIpc) is 2.73. The SMILES string of the molecule is O=C(O)c1ccc(O[C@H]2CCNC2)c(Br)c1. The first-order valence-corrected chi connectivity index (χ1v) is 5.86. The van der Waals surface area contributed by atoms with Gasteiger partial charge < -0.3 is 15.2 Å². The first-order chi connectivity index (χ1) is 7.66. The molecule has 1 fully saturated rings. The van der Waals surface area contributed by atoms with Gasteiger partial charge in [-0.2, -0.15) is 0 Å². The van der Waals surface area contributed by atoms with Gasteiger partial charge in [-0.15, -0.1) is 0 Å². The third kappa shape index (κ3) is 2.54. The average molecular weight is 286 g/mol. The third-order valence-electron chi connectivity index (χ3n) is 2.49. The molecule has 1 aromatic carbocycles. The van der Waals surface area contributed by atoms with Crippen LogP contribution in [0, 0.1) is 0 Å². The van der Waals surface area contributed by atoms with Crippen LogP contribution < -0.4 is 10.1 Å². The van der Waals surface area contributed by atoms with Gasteiger partial charge in [0.1, 0.15) is 11.9 Å². The number of aromatic carboxylic acids is 1. The van der Waals surface area contributed by atoms with Gasteiger partial charge in [-0.05, 0) is 47.1 Å². The lowest BCUT2D eigenvalue weighted by Crippen LogP contribution is -2.19. The molecule has 0 radical (unpaired) electrons. The molecule has 0 saturated carbocycles. The summed E-state index contributed by atoms with van der Waals surface area (Å²) in [4.78, 5) is 10.7. The molecule has 0 bridgehead atoms. The molecule has 1 heterocycles. The Labute approximate surface area is 102 Å². The summed E-state index contributed by atoms with van der Waals surface area (Å²) in [6, 6.07) is 4.79. The second-order valence-electron chi connectivity index (χ2n) is 3.68. The Kier molecular flexibility index (Phi) is 3.46. The van der Waals surface area contributed by atoms with Crippen LogP contribution >= 0.6 is 15.9 Å². The number of hydrogen-bond donors (Lipinski definition) is 2. The summed E-state index contributed by atoms with van der Waals surface area (Å²) in [5.74, 6) is -0.242. The van der Waals surface area contributed by atoms with Gasteiger partial charge in [0.2, 0.25) is 0 Å². The number of rotatable bonds is 3. The van der Waals surface area contributed by atoms with Crippen molar-refractivity contribution in [2.75, 3.05) is 13.1 Å². The summed E-state index contributed by atoms with van der Waals surface area (Å²) in [7, 11) is 0. The van der Waals surface area contributed by atoms with Crippen molar-refractivity contribution in [1.29, 1.82) is 0 Å². The summed E-state index contributed by atoms with van der Waals surface area (Å²) in [5, 5.41) is 12.0. The van der Waals surface area contributed by atoms with Gasteiger partial charge in [-0.3, -0.25) is 0 Å². The molecule has 86 valence electrons. The summed E-state index contributed by atoms with van der Waals surface area (Å²) in [6.45, 7) is 1.81. The van der Waals surface area contributed by atoms with Crippen molar-refractivity contribution in [3.63, 3.8) is 0 Å². The zero-order chi connectivity index (χ0) is 11.5. The van der Waals surface area contributed by atoms with Gasteiger partial charge in [0.25, 0.3) is 0 Å². The Morgan fingerprint density at radius 2 is 2.38 bits per heavy atom. The number of ether oxygens (including phenoxy) is 1. The molecule has 0 aromatic heterocycles. The van der Waals surface area contributed by atoms with Gasteiger partial charge >= 0.3 is 5.97 Å². The van der Waals surface area contributed by atoms with E-state index in [-0.39, 0.29) is 11.7 Å². The Balaban J connectivity index is 2.12. The van der Waals surface area contributed by atoms with E-state index in [1.807, 2.05) is 0 Å². The Morgan fingerprint density at radius 3 is 2.94 bits per heavy atom. The van der Waals surface area contributed by atoms with E-state index in [0.717, 1.165) is 19.5 Å². The maximum absolute atomic E-state index is 10.7. The molecular weight excluding hydrogens is 274 g/mol. The highest BCUT2D eigenvalue weighted by Gasteiger charge is 2.17.